The number of hydrogen-bond acceptors (Lipinski definition) is 3. The summed E-state index contributed by atoms with van der Waals surface area (Å²) in [7, 11) is 1.82. The first-order valence-electron chi connectivity index (χ1n) is 5.64. The zero-order valence-corrected chi connectivity index (χ0v) is 11.9. The lowest BCUT2D eigenvalue weighted by Gasteiger charge is -2.07. The van der Waals surface area contributed by atoms with Crippen LogP contribution in [0.4, 0.5) is 8.78 Å². The van der Waals surface area contributed by atoms with Crippen LogP contribution in [0.15, 0.2) is 35.2 Å². The molecule has 7 heteroatoms. The molecule has 2 aromatic heterocycles. The molecule has 0 bridgehead atoms. The average molecular weight is 340 g/mol. The zero-order valence-electron chi connectivity index (χ0n) is 10.3. The fourth-order valence-electron chi connectivity index (χ4n) is 1.82. The number of fused-ring (bicyclic) bond motifs is 1. The molecule has 20 heavy (non-hydrogen) atoms. The molecule has 2 heterocycles. The summed E-state index contributed by atoms with van der Waals surface area (Å²) in [5.74, 6) is -2.19. The van der Waals surface area contributed by atoms with E-state index in [1.807, 2.05) is 7.05 Å². The van der Waals surface area contributed by atoms with E-state index in [1.165, 1.54) is 12.3 Å². The van der Waals surface area contributed by atoms with Crippen LogP contribution in [0.1, 0.15) is 0 Å². The molecule has 0 fully saturated rings. The number of ether oxygens (including phenoxy) is 1. The number of benzene rings is 1. The van der Waals surface area contributed by atoms with E-state index in [-0.39, 0.29) is 11.6 Å². The van der Waals surface area contributed by atoms with Crippen molar-refractivity contribution < 1.29 is 13.5 Å². The Balaban J connectivity index is 2.10. The monoisotopic (exact) mass is 339 g/mol. The Labute approximate surface area is 121 Å². The van der Waals surface area contributed by atoms with Crippen LogP contribution in [0, 0.1) is 11.6 Å². The van der Waals surface area contributed by atoms with Crippen LogP contribution in [0.2, 0.25) is 0 Å². The number of imidazole rings is 1. The minimum Gasteiger partial charge on any atom is -0.434 e. The molecular weight excluding hydrogens is 332 g/mol. The van der Waals surface area contributed by atoms with Gasteiger partial charge in [0.25, 0.3) is 0 Å². The molecule has 4 nitrogen and oxygen atoms in total. The largest absolute Gasteiger partial charge is 0.434 e. The van der Waals surface area contributed by atoms with E-state index in [9.17, 15) is 8.78 Å². The van der Waals surface area contributed by atoms with Crippen molar-refractivity contribution >= 4 is 27.0 Å². The van der Waals surface area contributed by atoms with Gasteiger partial charge in [-0.2, -0.15) is 4.39 Å². The van der Waals surface area contributed by atoms with Gasteiger partial charge < -0.3 is 9.30 Å². The lowest BCUT2D eigenvalue weighted by Crippen LogP contribution is -1.95. The second kappa shape index (κ2) is 4.82. The molecule has 0 saturated carbocycles. The Morgan fingerprint density at radius 1 is 1.25 bits per heavy atom. The highest BCUT2D eigenvalue weighted by Crippen LogP contribution is 2.31. The number of aromatic nitrogens is 3. The van der Waals surface area contributed by atoms with Gasteiger partial charge in [0.15, 0.2) is 17.1 Å². The fraction of sp³-hybridized carbons (Fsp3) is 0.0769. The normalized spacial score (nSPS) is 11.0. The van der Waals surface area contributed by atoms with Crippen molar-refractivity contribution in [2.75, 3.05) is 0 Å². The molecule has 0 N–H and O–H groups in total. The molecule has 0 unspecified atom stereocenters. The number of hydrogen-bond donors (Lipinski definition) is 0. The third kappa shape index (κ3) is 2.14. The van der Waals surface area contributed by atoms with E-state index >= 15 is 0 Å². The Kier molecular flexibility index (Phi) is 3.13. The van der Waals surface area contributed by atoms with Gasteiger partial charge in [-0.15, -0.1) is 0 Å². The van der Waals surface area contributed by atoms with Crippen LogP contribution in [0.5, 0.6) is 11.6 Å². The van der Waals surface area contributed by atoms with Crippen molar-refractivity contribution in [2.45, 2.75) is 0 Å². The molecule has 0 radical (unpaired) electrons. The van der Waals surface area contributed by atoms with Gasteiger partial charge in [0.1, 0.15) is 0 Å². The van der Waals surface area contributed by atoms with E-state index in [4.69, 9.17) is 4.74 Å². The SMILES string of the molecule is Cn1cnc2c(Oc3cc(Br)cc(F)c3F)nccc21. The highest BCUT2D eigenvalue weighted by atomic mass is 79.9. The summed E-state index contributed by atoms with van der Waals surface area (Å²) in [5, 5.41) is 0. The Bertz CT molecular complexity index is 804. The van der Waals surface area contributed by atoms with Crippen molar-refractivity contribution in [1.29, 1.82) is 0 Å². The second-order valence-corrected chi connectivity index (χ2v) is 5.06. The highest BCUT2D eigenvalue weighted by molar-refractivity contribution is 9.10. The lowest BCUT2D eigenvalue weighted by molar-refractivity contribution is 0.408. The van der Waals surface area contributed by atoms with Gasteiger partial charge in [-0.25, -0.2) is 14.4 Å². The van der Waals surface area contributed by atoms with E-state index in [0.29, 0.717) is 9.99 Å². The van der Waals surface area contributed by atoms with Gasteiger partial charge in [-0.05, 0) is 18.2 Å². The fourth-order valence-corrected chi connectivity index (χ4v) is 2.23. The van der Waals surface area contributed by atoms with Crippen LogP contribution >= 0.6 is 15.9 Å². The molecule has 0 aliphatic heterocycles. The van der Waals surface area contributed by atoms with Crippen LogP contribution in [0.25, 0.3) is 11.0 Å². The van der Waals surface area contributed by atoms with Crippen molar-refractivity contribution in [2.24, 2.45) is 7.05 Å². The summed E-state index contributed by atoms with van der Waals surface area (Å²) < 4.78 is 34.6. The minimum absolute atomic E-state index is 0.125. The minimum atomic E-state index is -1.07. The number of halogens is 3. The molecule has 0 saturated heterocycles. The van der Waals surface area contributed by atoms with E-state index < -0.39 is 11.6 Å². The van der Waals surface area contributed by atoms with Gasteiger partial charge in [-0.3, -0.25) is 0 Å². The maximum atomic E-state index is 13.7. The standard InChI is InChI=1S/C13H8BrF2N3O/c1-19-6-18-12-9(19)2-3-17-13(12)20-10-5-7(14)4-8(15)11(10)16/h2-6H,1H3. The molecule has 0 aliphatic rings. The predicted octanol–water partition coefficient (Wildman–Crippen LogP) is 3.80. The summed E-state index contributed by atoms with van der Waals surface area (Å²) >= 11 is 3.09. The quantitative estimate of drug-likeness (QED) is 0.666. The first-order valence-corrected chi connectivity index (χ1v) is 6.44. The summed E-state index contributed by atoms with van der Waals surface area (Å²) in [6, 6.07) is 4.12. The first-order chi connectivity index (χ1) is 9.56. The number of rotatable bonds is 2. The first kappa shape index (κ1) is 13.0. The summed E-state index contributed by atoms with van der Waals surface area (Å²) in [4.78, 5) is 8.15. The number of pyridine rings is 1. The van der Waals surface area contributed by atoms with E-state index in [2.05, 4.69) is 25.9 Å². The molecule has 0 amide bonds. The summed E-state index contributed by atoms with van der Waals surface area (Å²) in [5.41, 5.74) is 1.26. The van der Waals surface area contributed by atoms with Crippen LogP contribution in [-0.4, -0.2) is 14.5 Å². The second-order valence-electron chi connectivity index (χ2n) is 4.14. The summed E-state index contributed by atoms with van der Waals surface area (Å²) in [6.45, 7) is 0. The van der Waals surface area contributed by atoms with Crippen molar-refractivity contribution in [3.8, 4) is 11.6 Å². The average Bonchev–Trinajstić information content (AvgIpc) is 2.78. The maximum absolute atomic E-state index is 13.7. The zero-order chi connectivity index (χ0) is 14.3. The van der Waals surface area contributed by atoms with Gasteiger partial charge in [0.2, 0.25) is 11.7 Å². The van der Waals surface area contributed by atoms with Crippen molar-refractivity contribution in [3.05, 3.63) is 46.8 Å². The Morgan fingerprint density at radius 2 is 2.05 bits per heavy atom. The van der Waals surface area contributed by atoms with Crippen LogP contribution < -0.4 is 4.74 Å². The third-order valence-electron chi connectivity index (χ3n) is 2.78. The molecule has 3 rings (SSSR count). The van der Waals surface area contributed by atoms with Crippen LogP contribution in [-0.2, 0) is 7.05 Å². The molecule has 0 atom stereocenters. The molecule has 3 aromatic rings. The Hall–Kier alpha value is -2.02. The Morgan fingerprint density at radius 3 is 2.85 bits per heavy atom. The van der Waals surface area contributed by atoms with Gasteiger partial charge >= 0.3 is 0 Å². The molecule has 0 spiro atoms. The topological polar surface area (TPSA) is 39.9 Å². The molecule has 102 valence electrons. The number of nitrogens with zero attached hydrogens (tertiary/aromatic N) is 3. The van der Waals surface area contributed by atoms with Crippen molar-refractivity contribution in [3.63, 3.8) is 0 Å². The number of aryl methyl sites for hydroxylation is 1. The van der Waals surface area contributed by atoms with Gasteiger partial charge in [0.05, 0.1) is 11.8 Å². The van der Waals surface area contributed by atoms with E-state index in [1.54, 1.807) is 17.0 Å². The van der Waals surface area contributed by atoms with Gasteiger partial charge in [-0.1, -0.05) is 15.9 Å². The third-order valence-corrected chi connectivity index (χ3v) is 3.23. The molecule has 1 aromatic carbocycles. The van der Waals surface area contributed by atoms with Gasteiger partial charge in [0, 0.05) is 17.7 Å². The maximum Gasteiger partial charge on any atom is 0.247 e. The van der Waals surface area contributed by atoms with E-state index in [0.717, 1.165) is 11.6 Å². The summed E-state index contributed by atoms with van der Waals surface area (Å²) in [6.07, 6.45) is 3.11. The lowest BCUT2D eigenvalue weighted by atomic mass is 10.3. The predicted molar refractivity (Wildman–Crippen MR) is 72.6 cm³/mol. The highest BCUT2D eigenvalue weighted by Gasteiger charge is 2.15. The van der Waals surface area contributed by atoms with Crippen molar-refractivity contribution in [1.82, 2.24) is 14.5 Å². The van der Waals surface area contributed by atoms with Crippen LogP contribution in [0.3, 0.4) is 0 Å². The smallest absolute Gasteiger partial charge is 0.247 e. The molecule has 0 aliphatic carbocycles. The molecular formula is C13H8BrF2N3O.